The zero-order chi connectivity index (χ0) is 18.4. The van der Waals surface area contributed by atoms with Crippen LogP contribution in [0, 0.1) is 11.7 Å². The van der Waals surface area contributed by atoms with Crippen molar-refractivity contribution in [3.63, 3.8) is 0 Å². The minimum atomic E-state index is -0.319. The fourth-order valence-corrected chi connectivity index (χ4v) is 5.28. The molecule has 0 radical (unpaired) electrons. The number of anilines is 1. The summed E-state index contributed by atoms with van der Waals surface area (Å²) in [7, 11) is 3.78. The lowest BCUT2D eigenvalue weighted by Gasteiger charge is -2.34. The van der Waals surface area contributed by atoms with E-state index in [1.54, 1.807) is 6.07 Å². The van der Waals surface area contributed by atoms with Gasteiger partial charge < -0.3 is 15.5 Å². The molecule has 1 saturated carbocycles. The van der Waals surface area contributed by atoms with Crippen molar-refractivity contribution in [2.45, 2.75) is 31.3 Å². The van der Waals surface area contributed by atoms with Gasteiger partial charge in [0.05, 0.1) is 4.88 Å². The Morgan fingerprint density at radius 2 is 2.23 bits per heavy atom. The zero-order valence-electron chi connectivity index (χ0n) is 15.0. The summed E-state index contributed by atoms with van der Waals surface area (Å²) in [5, 5.41) is 0.737. The number of benzene rings is 1. The molecule has 3 atom stereocenters. The van der Waals surface area contributed by atoms with E-state index in [-0.39, 0.29) is 23.8 Å². The van der Waals surface area contributed by atoms with Crippen molar-refractivity contribution in [1.29, 1.82) is 0 Å². The van der Waals surface area contributed by atoms with Gasteiger partial charge in [-0.3, -0.25) is 4.79 Å². The second-order valence-corrected chi connectivity index (χ2v) is 8.30. The quantitative estimate of drug-likeness (QED) is 0.894. The standard InChI is InChI=1S/C19H23FN4OS/c1-23(2)19-22-16(17(26-19)12-4-3-5-13(20)8-12)18(25)24-14-7-6-11(9-14)15(24)10-21/h3-5,8,11,14-15H,6-7,9-10,21H2,1-2H3/t11-,14+,15+/m0/s1. The fourth-order valence-electron chi connectivity index (χ4n) is 4.31. The molecule has 0 spiro atoms. The lowest BCUT2D eigenvalue weighted by atomic mass is 9.98. The topological polar surface area (TPSA) is 62.5 Å². The number of fused-ring (bicyclic) bond motifs is 2. The summed E-state index contributed by atoms with van der Waals surface area (Å²) in [4.78, 5) is 22.6. The Balaban J connectivity index is 1.77. The molecule has 2 fully saturated rings. The minimum Gasteiger partial charge on any atom is -0.354 e. The second kappa shape index (κ2) is 6.63. The lowest BCUT2D eigenvalue weighted by molar-refractivity contribution is 0.0598. The number of halogens is 1. The minimum absolute atomic E-state index is 0.0729. The Morgan fingerprint density at radius 3 is 2.92 bits per heavy atom. The summed E-state index contributed by atoms with van der Waals surface area (Å²) >= 11 is 1.41. The molecule has 0 unspecified atom stereocenters. The van der Waals surface area contributed by atoms with E-state index in [2.05, 4.69) is 4.98 Å². The van der Waals surface area contributed by atoms with E-state index in [0.717, 1.165) is 29.3 Å². The maximum absolute atomic E-state index is 13.8. The smallest absolute Gasteiger partial charge is 0.274 e. The van der Waals surface area contributed by atoms with Gasteiger partial charge >= 0.3 is 0 Å². The number of hydrogen-bond acceptors (Lipinski definition) is 5. The van der Waals surface area contributed by atoms with Crippen molar-refractivity contribution in [3.8, 4) is 10.4 Å². The molecule has 2 bridgehead atoms. The SMILES string of the molecule is CN(C)c1nc(C(=O)N2[C@@H]3CC[C@@H](C3)[C@H]2CN)c(-c2cccc(F)c2)s1. The van der Waals surface area contributed by atoms with Crippen molar-refractivity contribution < 1.29 is 9.18 Å². The predicted octanol–water partition coefficient (Wildman–Crippen LogP) is 2.97. The van der Waals surface area contributed by atoms with Gasteiger partial charge in [0, 0.05) is 32.7 Å². The number of rotatable bonds is 4. The van der Waals surface area contributed by atoms with Crippen LogP contribution in [-0.4, -0.2) is 48.5 Å². The lowest BCUT2D eigenvalue weighted by Crippen LogP contribution is -2.48. The molecule has 1 aliphatic heterocycles. The van der Waals surface area contributed by atoms with E-state index in [4.69, 9.17) is 5.73 Å². The van der Waals surface area contributed by atoms with Crippen LogP contribution in [0.25, 0.3) is 10.4 Å². The van der Waals surface area contributed by atoms with Gasteiger partial charge in [0.15, 0.2) is 5.13 Å². The summed E-state index contributed by atoms with van der Waals surface area (Å²) in [6, 6.07) is 6.69. The fraction of sp³-hybridized carbons (Fsp3) is 0.474. The van der Waals surface area contributed by atoms with Gasteiger partial charge in [-0.25, -0.2) is 9.37 Å². The Hall–Kier alpha value is -1.99. The molecule has 7 heteroatoms. The molecule has 1 aromatic carbocycles. The number of aromatic nitrogens is 1. The Morgan fingerprint density at radius 1 is 1.42 bits per heavy atom. The average Bonchev–Trinajstić information content (AvgIpc) is 3.34. The molecule has 26 heavy (non-hydrogen) atoms. The average molecular weight is 374 g/mol. The largest absolute Gasteiger partial charge is 0.354 e. The zero-order valence-corrected chi connectivity index (χ0v) is 15.8. The molecule has 2 N–H and O–H groups in total. The first-order valence-corrected chi connectivity index (χ1v) is 9.78. The van der Waals surface area contributed by atoms with Gasteiger partial charge in [0.1, 0.15) is 11.5 Å². The summed E-state index contributed by atoms with van der Waals surface area (Å²) in [5.74, 6) is 0.107. The number of hydrogen-bond donors (Lipinski definition) is 1. The van der Waals surface area contributed by atoms with Crippen LogP contribution in [0.3, 0.4) is 0 Å². The molecule has 1 aliphatic carbocycles. The van der Waals surface area contributed by atoms with Crippen LogP contribution in [0.15, 0.2) is 24.3 Å². The monoisotopic (exact) mass is 374 g/mol. The van der Waals surface area contributed by atoms with Crippen LogP contribution in [0.1, 0.15) is 29.8 Å². The first-order valence-electron chi connectivity index (χ1n) is 8.96. The van der Waals surface area contributed by atoms with Crippen LogP contribution in [0.4, 0.5) is 9.52 Å². The molecule has 5 nitrogen and oxygen atoms in total. The molecule has 1 amide bonds. The van der Waals surface area contributed by atoms with Gasteiger partial charge in [0.2, 0.25) is 0 Å². The van der Waals surface area contributed by atoms with Crippen LogP contribution in [0.5, 0.6) is 0 Å². The maximum atomic E-state index is 13.8. The summed E-state index contributed by atoms with van der Waals surface area (Å²) in [6.45, 7) is 0.479. The Bertz CT molecular complexity index is 837. The maximum Gasteiger partial charge on any atom is 0.274 e. The summed E-state index contributed by atoms with van der Waals surface area (Å²) < 4.78 is 13.8. The number of carbonyl (C=O) groups excluding carboxylic acids is 1. The van der Waals surface area contributed by atoms with Crippen molar-refractivity contribution in [2.75, 3.05) is 25.5 Å². The third-order valence-corrected chi connectivity index (χ3v) is 6.78. The van der Waals surface area contributed by atoms with Gasteiger partial charge in [-0.2, -0.15) is 0 Å². The van der Waals surface area contributed by atoms with Crippen LogP contribution < -0.4 is 10.6 Å². The number of nitrogens with two attached hydrogens (primary N) is 1. The number of thiazole rings is 1. The van der Waals surface area contributed by atoms with Crippen molar-refractivity contribution in [3.05, 3.63) is 35.8 Å². The van der Waals surface area contributed by atoms with E-state index in [1.807, 2.05) is 30.0 Å². The van der Waals surface area contributed by atoms with E-state index in [9.17, 15) is 9.18 Å². The van der Waals surface area contributed by atoms with Crippen LogP contribution in [-0.2, 0) is 0 Å². The number of carbonyl (C=O) groups is 1. The molecular weight excluding hydrogens is 351 g/mol. The van der Waals surface area contributed by atoms with Crippen LogP contribution >= 0.6 is 11.3 Å². The van der Waals surface area contributed by atoms with Gasteiger partial charge in [-0.15, -0.1) is 0 Å². The third-order valence-electron chi connectivity index (χ3n) is 5.50. The molecular formula is C19H23FN4OS. The highest BCUT2D eigenvalue weighted by Crippen LogP contribution is 2.44. The number of piperidine rings is 1. The number of amides is 1. The summed E-state index contributed by atoms with van der Waals surface area (Å²) in [5.41, 5.74) is 7.08. The first kappa shape index (κ1) is 17.4. The highest BCUT2D eigenvalue weighted by Gasteiger charge is 2.48. The van der Waals surface area contributed by atoms with Gasteiger partial charge in [0.25, 0.3) is 5.91 Å². The van der Waals surface area contributed by atoms with E-state index in [1.165, 1.54) is 23.5 Å². The normalized spacial score (nSPS) is 24.3. The highest BCUT2D eigenvalue weighted by atomic mass is 32.1. The van der Waals surface area contributed by atoms with E-state index in [0.29, 0.717) is 23.7 Å². The molecule has 2 aliphatic rings. The molecule has 138 valence electrons. The predicted molar refractivity (Wildman–Crippen MR) is 102 cm³/mol. The molecule has 1 saturated heterocycles. The van der Waals surface area contributed by atoms with E-state index >= 15 is 0 Å². The third kappa shape index (κ3) is 2.79. The van der Waals surface area contributed by atoms with E-state index < -0.39 is 0 Å². The Labute approximate surface area is 156 Å². The molecule has 4 rings (SSSR count). The van der Waals surface area contributed by atoms with Crippen LogP contribution in [0.2, 0.25) is 0 Å². The summed E-state index contributed by atoms with van der Waals surface area (Å²) in [6.07, 6.45) is 3.22. The molecule has 2 heterocycles. The Kier molecular flexibility index (Phi) is 4.44. The molecule has 1 aromatic heterocycles. The first-order chi connectivity index (χ1) is 12.5. The second-order valence-electron chi connectivity index (χ2n) is 7.32. The number of likely N-dealkylation sites (tertiary alicyclic amines) is 1. The molecule has 2 aromatic rings. The van der Waals surface area contributed by atoms with Crippen molar-refractivity contribution in [1.82, 2.24) is 9.88 Å². The highest BCUT2D eigenvalue weighted by molar-refractivity contribution is 7.19. The number of nitrogens with zero attached hydrogens (tertiary/aromatic N) is 3. The van der Waals surface area contributed by atoms with Crippen molar-refractivity contribution >= 4 is 22.4 Å². The van der Waals surface area contributed by atoms with Crippen molar-refractivity contribution in [2.24, 2.45) is 11.7 Å². The van der Waals surface area contributed by atoms with Gasteiger partial charge in [-0.1, -0.05) is 23.5 Å². The van der Waals surface area contributed by atoms with Gasteiger partial charge in [-0.05, 0) is 42.9 Å².